The number of aromatic nitrogens is 9. The normalized spacial score (nSPS) is 33.3. The van der Waals surface area contributed by atoms with E-state index in [-0.39, 0.29) is 55.8 Å². The number of hydrogen-bond acceptors (Lipinski definition) is 15. The van der Waals surface area contributed by atoms with Crippen LogP contribution in [-0.4, -0.2) is 80.6 Å². The van der Waals surface area contributed by atoms with Gasteiger partial charge in [0.2, 0.25) is 11.7 Å². The van der Waals surface area contributed by atoms with E-state index in [1.165, 1.54) is 23.3 Å². The van der Waals surface area contributed by atoms with Gasteiger partial charge in [-0.25, -0.2) is 29.5 Å². The number of fused-ring (bicyclic) bond motifs is 5. The molecule has 3 N–H and O–H groups in total. The van der Waals surface area contributed by atoms with Crippen LogP contribution in [0.2, 0.25) is 0 Å². The Morgan fingerprint density at radius 1 is 1.00 bits per heavy atom. The molecule has 5 aromatic heterocycles. The molecule has 8 rings (SSSR count). The van der Waals surface area contributed by atoms with Gasteiger partial charge in [-0.2, -0.15) is 4.98 Å². The lowest BCUT2D eigenvalue weighted by molar-refractivity contribution is -0.0361. The van der Waals surface area contributed by atoms with Crippen molar-refractivity contribution in [3.63, 3.8) is 0 Å². The summed E-state index contributed by atoms with van der Waals surface area (Å²) >= 11 is 4.26. The van der Waals surface area contributed by atoms with Crippen LogP contribution in [0.15, 0.2) is 31.4 Å². The molecule has 3 aliphatic rings. The maximum Gasteiger partial charge on any atom is 0.386 e. The van der Waals surface area contributed by atoms with Gasteiger partial charge < -0.3 is 33.7 Å². The molecule has 232 valence electrons. The molecule has 5 aromatic rings. The summed E-state index contributed by atoms with van der Waals surface area (Å²) in [6.45, 7) is -3.92. The fourth-order valence-electron chi connectivity index (χ4n) is 6.12. The number of hydrogen-bond donors (Lipinski definition) is 3. The van der Waals surface area contributed by atoms with Crippen LogP contribution in [0.4, 0.5) is 5.82 Å². The smallest absolute Gasteiger partial charge is 0.386 e. The molecule has 44 heavy (non-hydrogen) atoms. The standard InChI is InChI=1S/C23H26N10O8P2S/c24-19-17-20(27-8-26-19)33(10-28-17)16-4-14-15(40-16)7-38-42(35)37-6-12-11(5-39-43(36,44)41-14)3-13(12)32-9-29-18-21(32)30-23-25-1-2-31(23)22(18)34/h1-2,8-16,34,42H,3-7H2,(H,36,44)(H2,24,26,27)/t11-,12-,13-,14+,15-,16-,43+/m1/s1. The predicted molar refractivity (Wildman–Crippen MR) is 155 cm³/mol. The molecule has 21 heteroatoms. The predicted octanol–water partition coefficient (Wildman–Crippen LogP) is 2.55. The van der Waals surface area contributed by atoms with Crippen LogP contribution < -0.4 is 5.73 Å². The summed E-state index contributed by atoms with van der Waals surface area (Å²) in [5.41, 5.74) is 7.55. The monoisotopic (exact) mass is 664 g/mol. The van der Waals surface area contributed by atoms with Crippen LogP contribution in [-0.2, 0) is 32.0 Å². The fraction of sp³-hybridized carbons (Fsp3) is 0.478. The second-order valence-corrected chi connectivity index (χ2v) is 14.8. The van der Waals surface area contributed by atoms with E-state index in [1.54, 1.807) is 17.1 Å². The molecule has 1 unspecified atom stereocenters. The van der Waals surface area contributed by atoms with Crippen LogP contribution in [0.25, 0.3) is 28.1 Å². The molecule has 0 spiro atoms. The molecule has 0 radical (unpaired) electrons. The van der Waals surface area contributed by atoms with Gasteiger partial charge in [-0.05, 0) is 12.3 Å². The number of thiol groups is 1. The molecule has 0 aromatic carbocycles. The van der Waals surface area contributed by atoms with Crippen molar-refractivity contribution in [1.29, 1.82) is 0 Å². The van der Waals surface area contributed by atoms with E-state index in [4.69, 9.17) is 28.6 Å². The van der Waals surface area contributed by atoms with Crippen molar-refractivity contribution in [1.82, 2.24) is 43.4 Å². The van der Waals surface area contributed by atoms with E-state index >= 15 is 0 Å². The largest absolute Gasteiger partial charge is 0.493 e. The minimum absolute atomic E-state index is 0.0485. The third kappa shape index (κ3) is 4.79. The fourth-order valence-corrected chi connectivity index (χ4v) is 8.40. The molecule has 8 atom stereocenters. The molecular weight excluding hydrogens is 638 g/mol. The summed E-state index contributed by atoms with van der Waals surface area (Å²) in [5.74, 6) is 0.0874. The van der Waals surface area contributed by atoms with Gasteiger partial charge in [0.15, 0.2) is 22.6 Å². The molecule has 3 fully saturated rings. The van der Waals surface area contributed by atoms with Crippen molar-refractivity contribution in [2.75, 3.05) is 25.6 Å². The number of anilines is 1. The Balaban J connectivity index is 1.02. The molecule has 18 nitrogen and oxygen atoms in total. The average Bonchev–Trinajstić information content (AvgIpc) is 3.77. The van der Waals surface area contributed by atoms with Crippen molar-refractivity contribution in [3.8, 4) is 5.88 Å². The molecule has 2 saturated heterocycles. The SMILES string of the molecule is Nc1ncnc2c1ncn2[C@H]1C[C@@H]2O[P@@](=O)(S)OC[C@H]3C[C@@H](n4cnc5c(O)n6ccnc6nc54)[C@@H]3CO[PH](=O)OC[C@H]2O1. The van der Waals surface area contributed by atoms with Crippen LogP contribution in [0, 0.1) is 11.8 Å². The molecule has 1 saturated carbocycles. The van der Waals surface area contributed by atoms with Crippen molar-refractivity contribution in [2.24, 2.45) is 11.8 Å². The highest BCUT2D eigenvalue weighted by atomic mass is 32.7. The van der Waals surface area contributed by atoms with Crippen LogP contribution in [0.3, 0.4) is 0 Å². The summed E-state index contributed by atoms with van der Waals surface area (Å²) < 4.78 is 60.4. The van der Waals surface area contributed by atoms with E-state index in [0.29, 0.717) is 34.5 Å². The summed E-state index contributed by atoms with van der Waals surface area (Å²) in [4.78, 5) is 25.6. The molecule has 7 heterocycles. The Morgan fingerprint density at radius 3 is 2.70 bits per heavy atom. The van der Waals surface area contributed by atoms with Crippen molar-refractivity contribution in [2.45, 2.75) is 37.3 Å². The van der Waals surface area contributed by atoms with Gasteiger partial charge >= 0.3 is 15.1 Å². The zero-order valence-corrected chi connectivity index (χ0v) is 25.5. The quantitative estimate of drug-likeness (QED) is 0.182. The second-order valence-electron chi connectivity index (χ2n) is 10.8. The summed E-state index contributed by atoms with van der Waals surface area (Å²) in [5, 5.41) is 10.7. The van der Waals surface area contributed by atoms with Crippen LogP contribution in [0.1, 0.15) is 25.1 Å². The number of rotatable bonds is 2. The lowest BCUT2D eigenvalue weighted by Gasteiger charge is -2.45. The minimum Gasteiger partial charge on any atom is -0.493 e. The highest BCUT2D eigenvalue weighted by Gasteiger charge is 2.46. The number of aromatic hydroxyl groups is 1. The van der Waals surface area contributed by atoms with Crippen molar-refractivity contribution < 1.29 is 37.1 Å². The highest BCUT2D eigenvalue weighted by molar-refractivity contribution is 8.44. The first kappa shape index (κ1) is 28.3. The average molecular weight is 665 g/mol. The van der Waals surface area contributed by atoms with Crippen LogP contribution in [0.5, 0.6) is 5.88 Å². The first-order valence-corrected chi connectivity index (χ1v) is 17.6. The molecule has 0 amide bonds. The maximum absolute atomic E-state index is 13.4. The molecular formula is C23H26N10O8P2S. The van der Waals surface area contributed by atoms with Gasteiger partial charge in [0.1, 0.15) is 30.3 Å². The Morgan fingerprint density at radius 2 is 1.82 bits per heavy atom. The lowest BCUT2D eigenvalue weighted by atomic mass is 9.70. The number of imidazole rings is 3. The van der Waals surface area contributed by atoms with Crippen LogP contribution >= 0.6 is 27.3 Å². The zero-order chi connectivity index (χ0) is 30.2. The zero-order valence-electron chi connectivity index (χ0n) is 22.7. The van der Waals surface area contributed by atoms with Gasteiger partial charge in [-0.3, -0.25) is 18.1 Å². The summed E-state index contributed by atoms with van der Waals surface area (Å²) in [6, 6.07) is -0.190. The first-order chi connectivity index (χ1) is 21.3. The number of ether oxygens (including phenoxy) is 1. The minimum atomic E-state index is -3.87. The van der Waals surface area contributed by atoms with Gasteiger partial charge in [-0.15, -0.1) is 0 Å². The third-order valence-corrected chi connectivity index (χ3v) is 10.8. The summed E-state index contributed by atoms with van der Waals surface area (Å²) in [7, 11) is -2.95. The Hall–Kier alpha value is -3.15. The van der Waals surface area contributed by atoms with E-state index in [9.17, 15) is 14.2 Å². The molecule has 2 aliphatic heterocycles. The topological polar surface area (TPSA) is 218 Å². The van der Waals surface area contributed by atoms with E-state index in [2.05, 4.69) is 42.2 Å². The molecule has 1 aliphatic carbocycles. The lowest BCUT2D eigenvalue weighted by Crippen LogP contribution is -2.43. The van der Waals surface area contributed by atoms with Gasteiger partial charge in [-0.1, -0.05) is 12.2 Å². The Labute approximate surface area is 253 Å². The van der Waals surface area contributed by atoms with Crippen molar-refractivity contribution in [3.05, 3.63) is 31.4 Å². The van der Waals surface area contributed by atoms with Gasteiger partial charge in [0.25, 0.3) is 0 Å². The van der Waals surface area contributed by atoms with E-state index in [1.807, 2.05) is 4.57 Å². The molecule has 0 bridgehead atoms. The maximum atomic E-state index is 13.4. The number of nitrogen functional groups attached to an aromatic ring is 1. The highest BCUT2D eigenvalue weighted by Crippen LogP contribution is 2.58. The number of nitrogens with two attached hydrogens (primary N) is 1. The summed E-state index contributed by atoms with van der Waals surface area (Å²) in [6.07, 6.45) is 6.17. The third-order valence-electron chi connectivity index (χ3n) is 8.39. The number of nitrogens with zero attached hydrogens (tertiary/aromatic N) is 9. The first-order valence-electron chi connectivity index (χ1n) is 13.7. The van der Waals surface area contributed by atoms with E-state index < -0.39 is 33.5 Å². The van der Waals surface area contributed by atoms with Gasteiger partial charge in [0.05, 0.1) is 32.5 Å². The van der Waals surface area contributed by atoms with E-state index in [0.717, 1.165) is 0 Å². The van der Waals surface area contributed by atoms with Crippen molar-refractivity contribution >= 4 is 61.2 Å². The Bertz CT molecular complexity index is 1970. The van der Waals surface area contributed by atoms with Gasteiger partial charge in [0, 0.05) is 30.8 Å². The second kappa shape index (κ2) is 10.7. The Kier molecular flexibility index (Phi) is 6.91.